The van der Waals surface area contributed by atoms with E-state index in [2.05, 4.69) is 11.0 Å². The van der Waals surface area contributed by atoms with Crippen LogP contribution in [0.15, 0.2) is 24.3 Å². The summed E-state index contributed by atoms with van der Waals surface area (Å²) in [5.74, 6) is 0.565. The molecule has 0 bridgehead atoms. The SMILES string of the molecule is N#Cc1cccc(C(=O)N2CC3(C2)CN(CC2CC2)[C@H](C(=O)N2CCCCO2)CO3)c1. The van der Waals surface area contributed by atoms with E-state index >= 15 is 0 Å². The van der Waals surface area contributed by atoms with Gasteiger partial charge in [-0.05, 0) is 49.8 Å². The van der Waals surface area contributed by atoms with Gasteiger partial charge < -0.3 is 9.64 Å². The zero-order valence-electron chi connectivity index (χ0n) is 17.7. The Morgan fingerprint density at radius 1 is 1.19 bits per heavy atom. The summed E-state index contributed by atoms with van der Waals surface area (Å²) in [6.45, 7) is 4.12. The molecule has 5 rings (SSSR count). The Bertz CT molecular complexity index is 897. The predicted molar refractivity (Wildman–Crippen MR) is 111 cm³/mol. The zero-order valence-corrected chi connectivity index (χ0v) is 17.7. The van der Waals surface area contributed by atoms with Crippen LogP contribution in [0.25, 0.3) is 0 Å². The van der Waals surface area contributed by atoms with Crippen LogP contribution in [0.3, 0.4) is 0 Å². The molecule has 1 aromatic rings. The van der Waals surface area contributed by atoms with Crippen LogP contribution >= 0.6 is 0 Å². The number of hydrogen-bond acceptors (Lipinski definition) is 6. The smallest absolute Gasteiger partial charge is 0.265 e. The molecule has 4 aliphatic rings. The second-order valence-corrected chi connectivity index (χ2v) is 9.22. The van der Waals surface area contributed by atoms with Crippen molar-refractivity contribution in [3.8, 4) is 6.07 Å². The van der Waals surface area contributed by atoms with Crippen LogP contribution in [-0.4, -0.2) is 84.3 Å². The van der Waals surface area contributed by atoms with E-state index in [1.165, 1.54) is 17.9 Å². The molecule has 1 saturated carbocycles. The maximum Gasteiger partial charge on any atom is 0.265 e. The summed E-state index contributed by atoms with van der Waals surface area (Å²) in [4.78, 5) is 35.6. The number of likely N-dealkylation sites (tertiary alicyclic amines) is 1. The molecular formula is C23H28N4O4. The fourth-order valence-corrected chi connectivity index (χ4v) is 4.76. The summed E-state index contributed by atoms with van der Waals surface area (Å²) in [5, 5.41) is 10.6. The van der Waals surface area contributed by atoms with Gasteiger partial charge in [-0.25, -0.2) is 5.06 Å². The van der Waals surface area contributed by atoms with Crippen LogP contribution in [0, 0.1) is 17.2 Å². The van der Waals surface area contributed by atoms with Crippen LogP contribution in [0.2, 0.25) is 0 Å². The molecule has 2 amide bonds. The summed E-state index contributed by atoms with van der Waals surface area (Å²) in [7, 11) is 0. The van der Waals surface area contributed by atoms with E-state index in [0.29, 0.717) is 56.4 Å². The van der Waals surface area contributed by atoms with Gasteiger partial charge in [-0.3, -0.25) is 19.3 Å². The number of hydrogen-bond donors (Lipinski definition) is 0. The van der Waals surface area contributed by atoms with E-state index < -0.39 is 5.60 Å². The summed E-state index contributed by atoms with van der Waals surface area (Å²) in [5.41, 5.74) is 0.582. The summed E-state index contributed by atoms with van der Waals surface area (Å²) < 4.78 is 6.23. The maximum atomic E-state index is 13.1. The number of carbonyl (C=O) groups is 2. The first-order valence-corrected chi connectivity index (χ1v) is 11.2. The number of nitriles is 1. The van der Waals surface area contributed by atoms with Crippen molar-refractivity contribution in [1.29, 1.82) is 5.26 Å². The number of carbonyl (C=O) groups excluding carboxylic acids is 2. The molecule has 1 aliphatic carbocycles. The van der Waals surface area contributed by atoms with Crippen molar-refractivity contribution < 1.29 is 19.2 Å². The van der Waals surface area contributed by atoms with Crippen LogP contribution < -0.4 is 0 Å². The highest BCUT2D eigenvalue weighted by atomic mass is 16.7. The molecule has 0 aromatic heterocycles. The molecule has 0 radical (unpaired) electrons. The third-order valence-electron chi connectivity index (χ3n) is 6.69. The molecule has 3 saturated heterocycles. The van der Waals surface area contributed by atoms with Crippen LogP contribution in [0.5, 0.6) is 0 Å². The maximum absolute atomic E-state index is 13.1. The molecule has 0 N–H and O–H groups in total. The number of hydroxylamine groups is 2. The summed E-state index contributed by atoms with van der Waals surface area (Å²) in [6.07, 6.45) is 4.38. The van der Waals surface area contributed by atoms with Gasteiger partial charge in [0.25, 0.3) is 11.8 Å². The minimum atomic E-state index is -0.420. The van der Waals surface area contributed by atoms with Gasteiger partial charge in [0, 0.05) is 25.2 Å². The topological polar surface area (TPSA) is 86.1 Å². The van der Waals surface area contributed by atoms with Gasteiger partial charge in [0.15, 0.2) is 0 Å². The largest absolute Gasteiger partial charge is 0.368 e. The lowest BCUT2D eigenvalue weighted by atomic mass is 9.89. The Morgan fingerprint density at radius 3 is 2.74 bits per heavy atom. The molecule has 164 valence electrons. The Hall–Kier alpha value is -2.47. The lowest BCUT2D eigenvalue weighted by Gasteiger charge is -2.55. The highest BCUT2D eigenvalue weighted by Gasteiger charge is 2.53. The van der Waals surface area contributed by atoms with E-state index in [-0.39, 0.29) is 17.9 Å². The summed E-state index contributed by atoms with van der Waals surface area (Å²) >= 11 is 0. The molecular weight excluding hydrogens is 396 g/mol. The van der Waals surface area contributed by atoms with Gasteiger partial charge in [0.1, 0.15) is 11.6 Å². The lowest BCUT2D eigenvalue weighted by Crippen LogP contribution is -2.73. The van der Waals surface area contributed by atoms with Crippen molar-refractivity contribution in [2.45, 2.75) is 37.3 Å². The quantitative estimate of drug-likeness (QED) is 0.727. The first-order valence-electron chi connectivity index (χ1n) is 11.2. The molecule has 4 fully saturated rings. The van der Waals surface area contributed by atoms with Gasteiger partial charge in [0.05, 0.1) is 37.9 Å². The van der Waals surface area contributed by atoms with Gasteiger partial charge in [-0.1, -0.05) is 6.07 Å². The number of rotatable bonds is 4. The second-order valence-electron chi connectivity index (χ2n) is 9.22. The fraction of sp³-hybridized carbons (Fsp3) is 0.609. The average Bonchev–Trinajstić information content (AvgIpc) is 3.61. The molecule has 1 spiro atoms. The first-order chi connectivity index (χ1) is 15.1. The van der Waals surface area contributed by atoms with Crippen LogP contribution in [0.1, 0.15) is 41.6 Å². The molecule has 3 aliphatic heterocycles. The number of nitrogens with zero attached hydrogens (tertiary/aromatic N) is 4. The Balaban J connectivity index is 1.24. The average molecular weight is 425 g/mol. The minimum absolute atomic E-state index is 0.00391. The van der Waals surface area contributed by atoms with E-state index in [9.17, 15) is 9.59 Å². The van der Waals surface area contributed by atoms with Crippen molar-refractivity contribution >= 4 is 11.8 Å². The van der Waals surface area contributed by atoms with Crippen LogP contribution in [-0.2, 0) is 14.4 Å². The summed E-state index contributed by atoms with van der Waals surface area (Å²) in [6, 6.07) is 8.55. The van der Waals surface area contributed by atoms with Gasteiger partial charge >= 0.3 is 0 Å². The molecule has 1 aromatic carbocycles. The normalized spacial score (nSPS) is 25.7. The molecule has 8 nitrogen and oxygen atoms in total. The molecule has 1 atom stereocenters. The Kier molecular flexibility index (Phi) is 5.42. The lowest BCUT2D eigenvalue weighted by molar-refractivity contribution is -0.223. The molecule has 8 heteroatoms. The van der Waals surface area contributed by atoms with Gasteiger partial charge in [-0.15, -0.1) is 0 Å². The zero-order chi connectivity index (χ0) is 21.4. The third kappa shape index (κ3) is 4.18. The number of benzene rings is 1. The van der Waals surface area contributed by atoms with Gasteiger partial charge in [-0.2, -0.15) is 5.26 Å². The number of morpholine rings is 1. The standard InChI is InChI=1S/C23H28N4O4/c24-11-18-4-3-5-19(10-18)21(28)26-15-23(16-26)14-25(12-17-6-7-17)20(13-30-23)22(29)27-8-1-2-9-31-27/h3-5,10,17,20H,1-2,6-9,12-16H2/t20-/m0/s1. The van der Waals surface area contributed by atoms with Gasteiger partial charge in [0.2, 0.25) is 0 Å². The Morgan fingerprint density at radius 2 is 2.03 bits per heavy atom. The second kappa shape index (κ2) is 8.23. The first kappa shape index (κ1) is 20.4. The minimum Gasteiger partial charge on any atom is -0.368 e. The van der Waals surface area contributed by atoms with Crippen molar-refractivity contribution in [3.63, 3.8) is 0 Å². The predicted octanol–water partition coefficient (Wildman–Crippen LogP) is 1.42. The van der Waals surface area contributed by atoms with E-state index in [4.69, 9.17) is 14.8 Å². The molecule has 0 unspecified atom stereocenters. The van der Waals surface area contributed by atoms with E-state index in [1.54, 1.807) is 29.2 Å². The van der Waals surface area contributed by atoms with Crippen molar-refractivity contribution in [2.24, 2.45) is 5.92 Å². The van der Waals surface area contributed by atoms with E-state index in [1.807, 2.05) is 0 Å². The number of ether oxygens (including phenoxy) is 1. The number of amides is 2. The fourth-order valence-electron chi connectivity index (χ4n) is 4.76. The highest BCUT2D eigenvalue weighted by molar-refractivity contribution is 5.95. The molecule has 3 heterocycles. The highest BCUT2D eigenvalue weighted by Crippen LogP contribution is 2.36. The van der Waals surface area contributed by atoms with Crippen LogP contribution in [0.4, 0.5) is 0 Å². The third-order valence-corrected chi connectivity index (χ3v) is 6.69. The monoisotopic (exact) mass is 424 g/mol. The molecule has 31 heavy (non-hydrogen) atoms. The van der Waals surface area contributed by atoms with Crippen molar-refractivity contribution in [3.05, 3.63) is 35.4 Å². The van der Waals surface area contributed by atoms with Crippen molar-refractivity contribution in [1.82, 2.24) is 14.9 Å². The van der Waals surface area contributed by atoms with Crippen molar-refractivity contribution in [2.75, 3.05) is 45.9 Å². The Labute approximate surface area is 182 Å². The van der Waals surface area contributed by atoms with E-state index in [0.717, 1.165) is 19.4 Å².